The standard InChI is InChI=1S/C35H49N5O9/c1-6-24-8-7-9-26(18-24)27-20-28(32(37-21-27)33(45)36-12-15-48-17-16-47-14-11-31(43)44)38-29(41)23-40(34(46)49-35(2,3)4)22-25-10-13-39(5)30(42)19-25/h7-9,18,20-21,25H,6,10-17,19,22-23H2,1-5H3,(H,36,45)(H,38,41)(H,43,44). The van der Waals surface area contributed by atoms with Crippen LogP contribution in [0.2, 0.25) is 0 Å². The highest BCUT2D eigenvalue weighted by Crippen LogP contribution is 2.26. The van der Waals surface area contributed by atoms with Crippen molar-refractivity contribution in [2.75, 3.05) is 65.0 Å². The second-order valence-electron chi connectivity index (χ2n) is 12.9. The van der Waals surface area contributed by atoms with Gasteiger partial charge in [-0.05, 0) is 56.7 Å². The molecular weight excluding hydrogens is 634 g/mol. The molecule has 0 aliphatic carbocycles. The minimum absolute atomic E-state index is 0.0227. The van der Waals surface area contributed by atoms with Gasteiger partial charge in [-0.15, -0.1) is 0 Å². The van der Waals surface area contributed by atoms with Crippen LogP contribution in [0, 0.1) is 5.92 Å². The number of carbonyl (C=O) groups is 5. The van der Waals surface area contributed by atoms with E-state index >= 15 is 0 Å². The molecule has 1 unspecified atom stereocenters. The molecule has 0 bridgehead atoms. The van der Waals surface area contributed by atoms with E-state index in [0.717, 1.165) is 17.5 Å². The smallest absolute Gasteiger partial charge is 0.410 e. The maximum atomic E-state index is 13.6. The van der Waals surface area contributed by atoms with Gasteiger partial charge in [0.2, 0.25) is 11.8 Å². The molecule has 0 spiro atoms. The van der Waals surface area contributed by atoms with Gasteiger partial charge in [0.25, 0.3) is 5.91 Å². The molecular formula is C35H49N5O9. The van der Waals surface area contributed by atoms with Crippen molar-refractivity contribution in [1.82, 2.24) is 20.1 Å². The van der Waals surface area contributed by atoms with Gasteiger partial charge < -0.3 is 34.9 Å². The van der Waals surface area contributed by atoms with Crippen LogP contribution in [0.3, 0.4) is 0 Å². The van der Waals surface area contributed by atoms with E-state index in [-0.39, 0.29) is 82.1 Å². The van der Waals surface area contributed by atoms with Gasteiger partial charge in [-0.2, -0.15) is 0 Å². The van der Waals surface area contributed by atoms with Crippen molar-refractivity contribution >= 4 is 35.5 Å². The number of amides is 4. The van der Waals surface area contributed by atoms with Crippen LogP contribution in [0.5, 0.6) is 0 Å². The maximum Gasteiger partial charge on any atom is 0.410 e. The van der Waals surface area contributed by atoms with E-state index in [4.69, 9.17) is 19.3 Å². The molecule has 14 heteroatoms. The molecule has 1 aliphatic heterocycles. The summed E-state index contributed by atoms with van der Waals surface area (Å²) in [5.74, 6) is -2.21. The Morgan fingerprint density at radius 1 is 1.06 bits per heavy atom. The molecule has 4 amide bonds. The number of nitrogens with zero attached hydrogens (tertiary/aromatic N) is 3. The maximum absolute atomic E-state index is 13.6. The molecule has 1 aliphatic rings. The first-order valence-corrected chi connectivity index (χ1v) is 16.5. The third kappa shape index (κ3) is 13.5. The van der Waals surface area contributed by atoms with Crippen molar-refractivity contribution in [2.24, 2.45) is 5.92 Å². The Labute approximate surface area is 287 Å². The Balaban J connectivity index is 1.75. The monoisotopic (exact) mass is 683 g/mol. The predicted molar refractivity (Wildman–Crippen MR) is 182 cm³/mol. The Kier molecular flexibility index (Phi) is 15.0. The van der Waals surface area contributed by atoms with Crippen molar-refractivity contribution in [3.05, 3.63) is 47.8 Å². The van der Waals surface area contributed by atoms with Crippen LogP contribution in [-0.2, 0) is 35.0 Å². The Morgan fingerprint density at radius 3 is 2.47 bits per heavy atom. The van der Waals surface area contributed by atoms with E-state index in [1.807, 2.05) is 31.2 Å². The van der Waals surface area contributed by atoms with E-state index in [1.54, 1.807) is 45.0 Å². The van der Waals surface area contributed by atoms with E-state index < -0.39 is 29.5 Å². The van der Waals surface area contributed by atoms with E-state index in [9.17, 15) is 24.0 Å². The molecule has 1 aromatic carbocycles. The molecule has 3 rings (SSSR count). The number of anilines is 1. The molecule has 2 aromatic rings. The predicted octanol–water partition coefficient (Wildman–Crippen LogP) is 3.59. The molecule has 268 valence electrons. The minimum Gasteiger partial charge on any atom is -0.481 e. The third-order valence-electron chi connectivity index (χ3n) is 7.64. The van der Waals surface area contributed by atoms with Crippen molar-refractivity contribution in [2.45, 2.75) is 59.0 Å². The summed E-state index contributed by atoms with van der Waals surface area (Å²) in [7, 11) is 1.74. The highest BCUT2D eigenvalue weighted by atomic mass is 16.6. The van der Waals surface area contributed by atoms with Crippen LogP contribution < -0.4 is 10.6 Å². The zero-order valence-corrected chi connectivity index (χ0v) is 29.1. The summed E-state index contributed by atoms with van der Waals surface area (Å²) >= 11 is 0. The van der Waals surface area contributed by atoms with Crippen LogP contribution >= 0.6 is 0 Å². The Hall–Kier alpha value is -4.56. The fourth-order valence-electron chi connectivity index (χ4n) is 5.04. The minimum atomic E-state index is -0.944. The van der Waals surface area contributed by atoms with Crippen LogP contribution in [-0.4, -0.2) is 115 Å². The van der Waals surface area contributed by atoms with Gasteiger partial charge in [0.15, 0.2) is 5.69 Å². The van der Waals surface area contributed by atoms with Crippen LogP contribution in [0.4, 0.5) is 10.5 Å². The normalized spacial score (nSPS) is 14.7. The number of hydrogen-bond acceptors (Lipinski definition) is 9. The van der Waals surface area contributed by atoms with Gasteiger partial charge in [0, 0.05) is 44.9 Å². The van der Waals surface area contributed by atoms with Gasteiger partial charge in [-0.3, -0.25) is 24.1 Å². The molecule has 0 radical (unpaired) electrons. The van der Waals surface area contributed by atoms with Crippen molar-refractivity contribution in [3.63, 3.8) is 0 Å². The van der Waals surface area contributed by atoms with Crippen molar-refractivity contribution in [1.29, 1.82) is 0 Å². The fourth-order valence-corrected chi connectivity index (χ4v) is 5.04. The molecule has 49 heavy (non-hydrogen) atoms. The highest BCUT2D eigenvalue weighted by molar-refractivity contribution is 6.03. The quantitative estimate of drug-likeness (QED) is 0.209. The van der Waals surface area contributed by atoms with Crippen LogP contribution in [0.15, 0.2) is 36.5 Å². The second kappa shape index (κ2) is 18.8. The average molecular weight is 684 g/mol. The summed E-state index contributed by atoms with van der Waals surface area (Å²) in [5.41, 5.74) is 1.98. The number of aromatic nitrogens is 1. The Morgan fingerprint density at radius 2 is 1.80 bits per heavy atom. The van der Waals surface area contributed by atoms with Crippen LogP contribution in [0.1, 0.15) is 63.0 Å². The lowest BCUT2D eigenvalue weighted by Gasteiger charge is -2.33. The summed E-state index contributed by atoms with van der Waals surface area (Å²) in [5, 5.41) is 14.2. The first-order chi connectivity index (χ1) is 23.3. The lowest BCUT2D eigenvalue weighted by Crippen LogP contribution is -2.46. The van der Waals surface area contributed by atoms with Gasteiger partial charge in [0.1, 0.15) is 12.1 Å². The first-order valence-electron chi connectivity index (χ1n) is 16.5. The number of hydrogen-bond donors (Lipinski definition) is 3. The molecule has 14 nitrogen and oxygen atoms in total. The van der Waals surface area contributed by atoms with Crippen molar-refractivity contribution < 1.29 is 43.3 Å². The number of carbonyl (C=O) groups excluding carboxylic acids is 4. The van der Waals surface area contributed by atoms with E-state index in [2.05, 4.69) is 15.6 Å². The summed E-state index contributed by atoms with van der Waals surface area (Å²) < 4.78 is 16.2. The zero-order chi connectivity index (χ0) is 36.0. The van der Waals surface area contributed by atoms with Gasteiger partial charge >= 0.3 is 12.1 Å². The Bertz CT molecular complexity index is 1460. The number of benzene rings is 1. The molecule has 1 atom stereocenters. The number of nitrogens with one attached hydrogen (secondary N) is 2. The fraction of sp³-hybridized carbons (Fsp3) is 0.543. The van der Waals surface area contributed by atoms with Crippen LogP contribution in [0.25, 0.3) is 11.1 Å². The van der Waals surface area contributed by atoms with Gasteiger partial charge in [0.05, 0.1) is 38.5 Å². The summed E-state index contributed by atoms with van der Waals surface area (Å²) in [4.78, 5) is 70.3. The average Bonchev–Trinajstić information content (AvgIpc) is 3.04. The highest BCUT2D eigenvalue weighted by Gasteiger charge is 2.30. The van der Waals surface area contributed by atoms with Gasteiger partial charge in [-0.1, -0.05) is 31.2 Å². The molecule has 2 heterocycles. The number of aryl methyl sites for hydroxylation is 1. The van der Waals surface area contributed by atoms with E-state index in [1.165, 1.54) is 4.90 Å². The lowest BCUT2D eigenvalue weighted by atomic mass is 9.96. The number of likely N-dealkylation sites (tertiary alicyclic amines) is 1. The molecule has 3 N–H and O–H groups in total. The topological polar surface area (TPSA) is 177 Å². The van der Waals surface area contributed by atoms with E-state index in [0.29, 0.717) is 18.5 Å². The number of pyridine rings is 1. The molecule has 1 fully saturated rings. The SMILES string of the molecule is CCc1cccc(-c2cnc(C(=O)NCCOCCOCCC(=O)O)c(NC(=O)CN(CC3CCN(C)C(=O)C3)C(=O)OC(C)(C)C)c2)c1. The third-order valence-corrected chi connectivity index (χ3v) is 7.64. The zero-order valence-electron chi connectivity index (χ0n) is 29.1. The molecule has 1 aromatic heterocycles. The second-order valence-corrected chi connectivity index (χ2v) is 12.9. The lowest BCUT2D eigenvalue weighted by molar-refractivity contribution is -0.138. The molecule has 0 saturated carbocycles. The summed E-state index contributed by atoms with van der Waals surface area (Å²) in [6.07, 6.45) is 2.55. The summed E-state index contributed by atoms with van der Waals surface area (Å²) in [6.45, 7) is 8.43. The number of piperidine rings is 1. The van der Waals surface area contributed by atoms with Crippen molar-refractivity contribution in [3.8, 4) is 11.1 Å². The number of ether oxygens (including phenoxy) is 3. The number of aliphatic carboxylic acids is 1. The first kappa shape index (κ1) is 38.9. The largest absolute Gasteiger partial charge is 0.481 e. The number of carboxylic acids is 1. The number of rotatable bonds is 17. The van der Waals surface area contributed by atoms with Gasteiger partial charge in [-0.25, -0.2) is 9.78 Å². The molecule has 1 saturated heterocycles. The summed E-state index contributed by atoms with van der Waals surface area (Å²) in [6, 6.07) is 9.54. The number of carboxylic acid groups (broad SMARTS) is 1.